The van der Waals surface area contributed by atoms with Crippen molar-refractivity contribution in [2.24, 2.45) is 11.1 Å². The SMILES string of the molecule is CC1CCCN(S(=O)(=O)c2cccc(S(N)(=O)=O)c2)CC1. The van der Waals surface area contributed by atoms with Crippen molar-refractivity contribution < 1.29 is 16.8 Å². The van der Waals surface area contributed by atoms with Crippen LogP contribution in [0, 0.1) is 5.92 Å². The number of nitrogens with zero attached hydrogens (tertiary/aromatic N) is 1. The van der Waals surface area contributed by atoms with Crippen LogP contribution in [0.5, 0.6) is 0 Å². The summed E-state index contributed by atoms with van der Waals surface area (Å²) in [5, 5.41) is 5.05. The fourth-order valence-corrected chi connectivity index (χ4v) is 4.61. The lowest BCUT2D eigenvalue weighted by molar-refractivity contribution is 0.416. The van der Waals surface area contributed by atoms with E-state index in [0.29, 0.717) is 19.0 Å². The van der Waals surface area contributed by atoms with Crippen molar-refractivity contribution in [3.05, 3.63) is 24.3 Å². The van der Waals surface area contributed by atoms with Crippen molar-refractivity contribution in [1.29, 1.82) is 0 Å². The van der Waals surface area contributed by atoms with Gasteiger partial charge in [0, 0.05) is 13.1 Å². The van der Waals surface area contributed by atoms with E-state index < -0.39 is 20.0 Å². The van der Waals surface area contributed by atoms with Gasteiger partial charge in [-0.15, -0.1) is 0 Å². The van der Waals surface area contributed by atoms with Crippen LogP contribution in [0.15, 0.2) is 34.1 Å². The first kappa shape index (κ1) is 16.4. The number of rotatable bonds is 3. The van der Waals surface area contributed by atoms with Gasteiger partial charge in [-0.05, 0) is 43.4 Å². The molecule has 0 spiro atoms. The number of hydrogen-bond acceptors (Lipinski definition) is 4. The van der Waals surface area contributed by atoms with E-state index in [-0.39, 0.29) is 9.79 Å². The van der Waals surface area contributed by atoms with Crippen LogP contribution in [0.2, 0.25) is 0 Å². The van der Waals surface area contributed by atoms with Gasteiger partial charge in [-0.2, -0.15) is 4.31 Å². The predicted octanol–water partition coefficient (Wildman–Crippen LogP) is 1.14. The van der Waals surface area contributed by atoms with Gasteiger partial charge < -0.3 is 0 Å². The molecule has 118 valence electrons. The van der Waals surface area contributed by atoms with Gasteiger partial charge >= 0.3 is 0 Å². The topological polar surface area (TPSA) is 97.5 Å². The highest BCUT2D eigenvalue weighted by molar-refractivity contribution is 7.90. The maximum atomic E-state index is 12.6. The molecule has 2 N–H and O–H groups in total. The van der Waals surface area contributed by atoms with Crippen LogP contribution in [0.25, 0.3) is 0 Å². The smallest absolute Gasteiger partial charge is 0.225 e. The molecule has 1 aliphatic heterocycles. The zero-order chi connectivity index (χ0) is 15.7. The fourth-order valence-electron chi connectivity index (χ4n) is 2.44. The van der Waals surface area contributed by atoms with Crippen molar-refractivity contribution >= 4 is 20.0 Å². The molecule has 1 unspecified atom stereocenters. The van der Waals surface area contributed by atoms with Crippen LogP contribution in [0.1, 0.15) is 26.2 Å². The average molecular weight is 332 g/mol. The van der Waals surface area contributed by atoms with Crippen LogP contribution >= 0.6 is 0 Å². The Morgan fingerprint density at radius 2 is 1.76 bits per heavy atom. The monoisotopic (exact) mass is 332 g/mol. The largest absolute Gasteiger partial charge is 0.243 e. The summed E-state index contributed by atoms with van der Waals surface area (Å²) in [6, 6.07) is 5.21. The Labute approximate surface area is 126 Å². The Balaban J connectivity index is 2.35. The molecule has 1 saturated heterocycles. The Kier molecular flexibility index (Phi) is 4.72. The summed E-state index contributed by atoms with van der Waals surface area (Å²) in [4.78, 5) is -0.213. The van der Waals surface area contributed by atoms with Gasteiger partial charge in [0.25, 0.3) is 0 Å². The first-order valence-corrected chi connectivity index (χ1v) is 9.83. The third kappa shape index (κ3) is 3.82. The summed E-state index contributed by atoms with van der Waals surface area (Å²) >= 11 is 0. The van der Waals surface area contributed by atoms with Crippen LogP contribution in [0.3, 0.4) is 0 Å². The van der Waals surface area contributed by atoms with Gasteiger partial charge in [0.05, 0.1) is 9.79 Å². The number of benzene rings is 1. The molecule has 8 heteroatoms. The first-order valence-electron chi connectivity index (χ1n) is 6.84. The third-order valence-electron chi connectivity index (χ3n) is 3.75. The number of hydrogen-bond donors (Lipinski definition) is 1. The Morgan fingerprint density at radius 1 is 1.10 bits per heavy atom. The van der Waals surface area contributed by atoms with Crippen molar-refractivity contribution in [1.82, 2.24) is 4.31 Å². The molecule has 0 aliphatic carbocycles. The van der Waals surface area contributed by atoms with Crippen molar-refractivity contribution in [3.8, 4) is 0 Å². The predicted molar refractivity (Wildman–Crippen MR) is 79.6 cm³/mol. The summed E-state index contributed by atoms with van der Waals surface area (Å²) in [5.74, 6) is 0.501. The summed E-state index contributed by atoms with van der Waals surface area (Å²) in [5.41, 5.74) is 0. The van der Waals surface area contributed by atoms with E-state index in [2.05, 4.69) is 6.92 Å². The lowest BCUT2D eigenvalue weighted by Gasteiger charge is -2.20. The molecule has 1 aromatic rings. The molecule has 1 atom stereocenters. The highest BCUT2D eigenvalue weighted by Gasteiger charge is 2.27. The molecular formula is C13H20N2O4S2. The number of primary sulfonamides is 1. The molecule has 1 fully saturated rings. The second-order valence-electron chi connectivity index (χ2n) is 5.46. The van der Waals surface area contributed by atoms with Crippen LogP contribution in [0.4, 0.5) is 0 Å². The summed E-state index contributed by atoms with van der Waals surface area (Å²) in [6.45, 7) is 3.03. The number of nitrogens with two attached hydrogens (primary N) is 1. The van der Waals surface area contributed by atoms with Crippen molar-refractivity contribution in [3.63, 3.8) is 0 Å². The molecule has 0 bridgehead atoms. The van der Waals surface area contributed by atoms with E-state index in [9.17, 15) is 16.8 Å². The second-order valence-corrected chi connectivity index (χ2v) is 8.96. The minimum atomic E-state index is -3.92. The Hall–Kier alpha value is -0.960. The van der Waals surface area contributed by atoms with E-state index >= 15 is 0 Å². The van der Waals surface area contributed by atoms with E-state index in [4.69, 9.17) is 5.14 Å². The zero-order valence-electron chi connectivity index (χ0n) is 11.9. The van der Waals surface area contributed by atoms with Gasteiger partial charge in [0.15, 0.2) is 0 Å². The zero-order valence-corrected chi connectivity index (χ0v) is 13.5. The Morgan fingerprint density at radius 3 is 2.43 bits per heavy atom. The molecule has 21 heavy (non-hydrogen) atoms. The van der Waals surface area contributed by atoms with Crippen LogP contribution in [-0.2, 0) is 20.0 Å². The third-order valence-corrected chi connectivity index (χ3v) is 6.55. The van der Waals surface area contributed by atoms with Gasteiger partial charge in [0.2, 0.25) is 20.0 Å². The second kappa shape index (κ2) is 6.04. The standard InChI is InChI=1S/C13H20N2O4S2/c1-11-4-3-8-15(9-7-11)21(18,19)13-6-2-5-12(10-13)20(14,16)17/h2,5-6,10-11H,3-4,7-9H2,1H3,(H2,14,16,17). The molecule has 2 rings (SSSR count). The minimum absolute atomic E-state index is 0.0245. The highest BCUT2D eigenvalue weighted by atomic mass is 32.2. The van der Waals surface area contributed by atoms with Gasteiger partial charge in [0.1, 0.15) is 0 Å². The maximum Gasteiger partial charge on any atom is 0.243 e. The van der Waals surface area contributed by atoms with Crippen molar-refractivity contribution in [2.45, 2.75) is 36.0 Å². The summed E-state index contributed by atoms with van der Waals surface area (Å²) in [6.07, 6.45) is 2.63. The minimum Gasteiger partial charge on any atom is -0.225 e. The average Bonchev–Trinajstić information content (AvgIpc) is 2.63. The first-order chi connectivity index (χ1) is 9.71. The fraction of sp³-hybridized carbons (Fsp3) is 0.538. The summed E-state index contributed by atoms with van der Waals surface area (Å²) < 4.78 is 49.4. The molecule has 1 aromatic carbocycles. The lowest BCUT2D eigenvalue weighted by Crippen LogP contribution is -2.32. The number of sulfonamides is 2. The van der Waals surface area contributed by atoms with Gasteiger partial charge in [-0.25, -0.2) is 22.0 Å². The normalized spacial score (nSPS) is 21.9. The molecule has 1 heterocycles. The van der Waals surface area contributed by atoms with Crippen LogP contribution < -0.4 is 5.14 Å². The molecule has 0 radical (unpaired) electrons. The molecule has 0 aromatic heterocycles. The molecule has 0 saturated carbocycles. The molecule has 0 amide bonds. The summed E-state index contributed by atoms with van der Waals surface area (Å²) in [7, 11) is -7.59. The Bertz CT molecular complexity index is 713. The van der Waals surface area contributed by atoms with E-state index in [0.717, 1.165) is 25.3 Å². The quantitative estimate of drug-likeness (QED) is 0.897. The lowest BCUT2D eigenvalue weighted by atomic mass is 10.0. The van der Waals surface area contributed by atoms with Gasteiger partial charge in [-0.1, -0.05) is 13.0 Å². The van der Waals surface area contributed by atoms with E-state index in [1.54, 1.807) is 0 Å². The highest BCUT2D eigenvalue weighted by Crippen LogP contribution is 2.24. The molecule has 1 aliphatic rings. The van der Waals surface area contributed by atoms with Crippen LogP contribution in [-0.4, -0.2) is 34.2 Å². The maximum absolute atomic E-state index is 12.6. The van der Waals surface area contributed by atoms with Gasteiger partial charge in [-0.3, -0.25) is 0 Å². The van der Waals surface area contributed by atoms with E-state index in [1.807, 2.05) is 0 Å². The molecular weight excluding hydrogens is 312 g/mol. The molecule has 6 nitrogen and oxygen atoms in total. The van der Waals surface area contributed by atoms with Crippen molar-refractivity contribution in [2.75, 3.05) is 13.1 Å². The van der Waals surface area contributed by atoms with E-state index in [1.165, 1.54) is 22.5 Å².